The van der Waals surface area contributed by atoms with E-state index in [-0.39, 0.29) is 5.97 Å². The zero-order valence-electron chi connectivity index (χ0n) is 15.8. The van der Waals surface area contributed by atoms with Crippen molar-refractivity contribution < 1.29 is 14.3 Å². The summed E-state index contributed by atoms with van der Waals surface area (Å²) < 4.78 is 11.0. The van der Waals surface area contributed by atoms with Crippen LogP contribution in [0.15, 0.2) is 24.3 Å². The number of esters is 1. The minimum atomic E-state index is -0.216. The van der Waals surface area contributed by atoms with E-state index in [1.807, 2.05) is 31.2 Å². The van der Waals surface area contributed by atoms with Crippen LogP contribution in [0.3, 0.4) is 0 Å². The van der Waals surface area contributed by atoms with Gasteiger partial charge in [-0.25, -0.2) is 4.79 Å². The molecule has 0 unspecified atom stereocenters. The fourth-order valence-electron chi connectivity index (χ4n) is 3.10. The van der Waals surface area contributed by atoms with Crippen LogP contribution < -0.4 is 10.1 Å². The average molecular weight is 374 g/mol. The third kappa shape index (κ3) is 4.39. The van der Waals surface area contributed by atoms with Gasteiger partial charge < -0.3 is 14.8 Å². The second-order valence-corrected chi connectivity index (χ2v) is 8.09. The van der Waals surface area contributed by atoms with Gasteiger partial charge in [0.2, 0.25) is 0 Å². The number of aryl methyl sites for hydroxylation is 1. The highest BCUT2D eigenvalue weighted by Crippen LogP contribution is 2.40. The van der Waals surface area contributed by atoms with Crippen LogP contribution in [0.25, 0.3) is 0 Å². The number of thiophene rings is 1. The van der Waals surface area contributed by atoms with E-state index >= 15 is 0 Å². The first-order valence-electron chi connectivity index (χ1n) is 9.40. The number of nitrogens with one attached hydrogen (secondary N) is 1. The Hall–Kier alpha value is -2.01. The fraction of sp³-hybridized carbons (Fsp3) is 0.476. The first-order valence-corrected chi connectivity index (χ1v) is 10.2. The van der Waals surface area contributed by atoms with Gasteiger partial charge >= 0.3 is 5.97 Å². The number of hydrogen-bond donors (Lipinski definition) is 1. The van der Waals surface area contributed by atoms with Crippen molar-refractivity contribution in [2.75, 3.05) is 18.5 Å². The maximum atomic E-state index is 12.5. The lowest BCUT2D eigenvalue weighted by atomic mass is 9.95. The Morgan fingerprint density at radius 3 is 2.62 bits per heavy atom. The van der Waals surface area contributed by atoms with E-state index in [1.54, 1.807) is 11.3 Å². The maximum absolute atomic E-state index is 12.5. The van der Waals surface area contributed by atoms with Crippen LogP contribution in [0, 0.1) is 5.92 Å². The van der Waals surface area contributed by atoms with E-state index in [1.165, 1.54) is 16.9 Å². The molecule has 1 aromatic carbocycles. The van der Waals surface area contributed by atoms with E-state index in [0.29, 0.717) is 19.1 Å². The monoisotopic (exact) mass is 373 g/mol. The molecular formula is C21H27NO3S. The highest BCUT2D eigenvalue weighted by atomic mass is 32.1. The Kier molecular flexibility index (Phi) is 6.20. The van der Waals surface area contributed by atoms with Gasteiger partial charge in [-0.05, 0) is 68.4 Å². The van der Waals surface area contributed by atoms with Crippen LogP contribution in [0.1, 0.15) is 54.4 Å². The largest absolute Gasteiger partial charge is 0.493 e. The first-order chi connectivity index (χ1) is 12.6. The third-order valence-electron chi connectivity index (χ3n) is 4.35. The normalized spacial score (nSPS) is 13.4. The van der Waals surface area contributed by atoms with Crippen molar-refractivity contribution in [3.05, 3.63) is 40.3 Å². The van der Waals surface area contributed by atoms with Gasteiger partial charge in [0.05, 0.1) is 18.8 Å². The fourth-order valence-corrected chi connectivity index (χ4v) is 4.40. The number of carbonyl (C=O) groups excluding carboxylic acids is 1. The molecule has 1 heterocycles. The van der Waals surface area contributed by atoms with Crippen LogP contribution in [-0.2, 0) is 17.6 Å². The summed E-state index contributed by atoms with van der Waals surface area (Å²) >= 11 is 1.69. The molecule has 26 heavy (non-hydrogen) atoms. The van der Waals surface area contributed by atoms with Crippen molar-refractivity contribution in [2.45, 2.75) is 46.5 Å². The molecule has 0 aliphatic heterocycles. The van der Waals surface area contributed by atoms with Crippen molar-refractivity contribution >= 4 is 28.0 Å². The van der Waals surface area contributed by atoms with Gasteiger partial charge in [-0.15, -0.1) is 11.3 Å². The Labute approximate surface area is 159 Å². The summed E-state index contributed by atoms with van der Waals surface area (Å²) in [5.74, 6) is 1.14. The van der Waals surface area contributed by atoms with E-state index < -0.39 is 0 Å². The van der Waals surface area contributed by atoms with Gasteiger partial charge in [0.15, 0.2) is 0 Å². The van der Waals surface area contributed by atoms with Gasteiger partial charge in [0.1, 0.15) is 10.8 Å². The minimum Gasteiger partial charge on any atom is -0.493 e. The molecule has 1 N–H and O–H groups in total. The molecule has 0 amide bonds. The topological polar surface area (TPSA) is 47.6 Å². The zero-order chi connectivity index (χ0) is 18.5. The van der Waals surface area contributed by atoms with Crippen LogP contribution in [0.5, 0.6) is 5.75 Å². The first kappa shape index (κ1) is 18.8. The number of hydrogen-bond acceptors (Lipinski definition) is 5. The standard InChI is InChI=1S/C21H27NO3S/c1-4-24-21(23)19-17-7-5-6-8-18(17)26-20(19)22-15-9-11-16(12-10-15)25-13-14(2)3/h9-12,14,22H,4-8,13H2,1-3H3. The molecule has 4 nitrogen and oxygen atoms in total. The van der Waals surface area contributed by atoms with Crippen molar-refractivity contribution in [3.8, 4) is 5.75 Å². The quantitative estimate of drug-likeness (QED) is 0.644. The molecule has 0 radical (unpaired) electrons. The summed E-state index contributed by atoms with van der Waals surface area (Å²) in [6.07, 6.45) is 4.34. The Morgan fingerprint density at radius 1 is 1.19 bits per heavy atom. The molecule has 5 heteroatoms. The molecule has 0 fully saturated rings. The molecule has 0 spiro atoms. The zero-order valence-corrected chi connectivity index (χ0v) is 16.6. The predicted octanol–water partition coefficient (Wildman–Crippen LogP) is 5.58. The average Bonchev–Trinajstić information content (AvgIpc) is 2.99. The van der Waals surface area contributed by atoms with Gasteiger partial charge in [-0.2, -0.15) is 0 Å². The van der Waals surface area contributed by atoms with Crippen molar-refractivity contribution in [1.82, 2.24) is 0 Å². The molecule has 1 aromatic heterocycles. The smallest absolute Gasteiger partial charge is 0.341 e. The molecule has 1 aliphatic carbocycles. The molecule has 140 valence electrons. The Morgan fingerprint density at radius 2 is 1.92 bits per heavy atom. The summed E-state index contributed by atoms with van der Waals surface area (Å²) in [5.41, 5.74) is 2.86. The lowest BCUT2D eigenvalue weighted by molar-refractivity contribution is 0.0526. The van der Waals surface area contributed by atoms with Crippen molar-refractivity contribution in [3.63, 3.8) is 0 Å². The van der Waals surface area contributed by atoms with Crippen LogP contribution >= 0.6 is 11.3 Å². The van der Waals surface area contributed by atoms with Crippen molar-refractivity contribution in [1.29, 1.82) is 0 Å². The lowest BCUT2D eigenvalue weighted by Gasteiger charge is -2.13. The van der Waals surface area contributed by atoms with Crippen LogP contribution in [0.4, 0.5) is 10.7 Å². The van der Waals surface area contributed by atoms with Gasteiger partial charge in [0.25, 0.3) is 0 Å². The SMILES string of the molecule is CCOC(=O)c1c(Nc2ccc(OCC(C)C)cc2)sc2c1CCCC2. The van der Waals surface area contributed by atoms with E-state index in [9.17, 15) is 4.79 Å². The number of fused-ring (bicyclic) bond motifs is 1. The molecule has 0 bridgehead atoms. The summed E-state index contributed by atoms with van der Waals surface area (Å²) in [5, 5.41) is 4.32. The number of rotatable bonds is 7. The molecule has 0 saturated heterocycles. The van der Waals surface area contributed by atoms with Crippen LogP contribution in [-0.4, -0.2) is 19.2 Å². The van der Waals surface area contributed by atoms with Crippen LogP contribution in [0.2, 0.25) is 0 Å². The Bertz CT molecular complexity index is 749. The number of benzene rings is 1. The minimum absolute atomic E-state index is 0.216. The van der Waals surface area contributed by atoms with Gasteiger partial charge in [-0.3, -0.25) is 0 Å². The van der Waals surface area contributed by atoms with Gasteiger partial charge in [0, 0.05) is 10.6 Å². The number of ether oxygens (including phenoxy) is 2. The van der Waals surface area contributed by atoms with E-state index in [2.05, 4.69) is 19.2 Å². The summed E-state index contributed by atoms with van der Waals surface area (Å²) in [7, 11) is 0. The second-order valence-electron chi connectivity index (χ2n) is 6.99. The lowest BCUT2D eigenvalue weighted by Crippen LogP contribution is -2.10. The number of anilines is 2. The summed E-state index contributed by atoms with van der Waals surface area (Å²) in [6.45, 7) is 7.21. The Balaban J connectivity index is 1.80. The van der Waals surface area contributed by atoms with Crippen molar-refractivity contribution in [2.24, 2.45) is 5.92 Å². The van der Waals surface area contributed by atoms with Gasteiger partial charge in [-0.1, -0.05) is 13.8 Å². The molecule has 0 atom stereocenters. The highest BCUT2D eigenvalue weighted by Gasteiger charge is 2.26. The molecule has 2 aromatic rings. The number of carbonyl (C=O) groups is 1. The molecule has 3 rings (SSSR count). The van der Waals surface area contributed by atoms with E-state index in [0.717, 1.165) is 41.3 Å². The summed E-state index contributed by atoms with van der Waals surface area (Å²) in [4.78, 5) is 13.8. The second kappa shape index (κ2) is 8.58. The third-order valence-corrected chi connectivity index (χ3v) is 5.55. The maximum Gasteiger partial charge on any atom is 0.341 e. The molecule has 1 aliphatic rings. The highest BCUT2D eigenvalue weighted by molar-refractivity contribution is 7.16. The predicted molar refractivity (Wildman–Crippen MR) is 107 cm³/mol. The summed E-state index contributed by atoms with van der Waals surface area (Å²) in [6, 6.07) is 7.90. The molecular weight excluding hydrogens is 346 g/mol. The molecule has 0 saturated carbocycles. The van der Waals surface area contributed by atoms with E-state index in [4.69, 9.17) is 9.47 Å².